The van der Waals surface area contributed by atoms with Crippen molar-refractivity contribution >= 4 is 0 Å². The zero-order chi connectivity index (χ0) is 13.9. The zero-order valence-electron chi connectivity index (χ0n) is 12.3. The van der Waals surface area contributed by atoms with E-state index in [0.29, 0.717) is 39.6 Å². The van der Waals surface area contributed by atoms with E-state index in [1.54, 1.807) is 0 Å². The summed E-state index contributed by atoms with van der Waals surface area (Å²) in [6.07, 6.45) is 11.3. The van der Waals surface area contributed by atoms with Gasteiger partial charge in [-0.15, -0.1) is 0 Å². The molecule has 0 aromatic carbocycles. The van der Waals surface area contributed by atoms with Gasteiger partial charge in [0, 0.05) is 12.8 Å². The molecule has 0 radical (unpaired) electrons. The highest BCUT2D eigenvalue weighted by molar-refractivity contribution is 4.99. The molecular weight excluding hydrogens is 256 g/mol. The molecule has 20 heavy (non-hydrogen) atoms. The summed E-state index contributed by atoms with van der Waals surface area (Å²) in [6.45, 7) is 3.77. The summed E-state index contributed by atoms with van der Waals surface area (Å²) < 4.78 is 22.0. The van der Waals surface area contributed by atoms with Crippen LogP contribution < -0.4 is 0 Å². The van der Waals surface area contributed by atoms with Crippen molar-refractivity contribution in [1.29, 1.82) is 0 Å². The van der Waals surface area contributed by atoms with Gasteiger partial charge in [-0.1, -0.05) is 0 Å². The van der Waals surface area contributed by atoms with E-state index >= 15 is 0 Å². The molecule has 2 rings (SSSR count). The van der Waals surface area contributed by atoms with Crippen molar-refractivity contribution in [2.75, 3.05) is 39.6 Å². The van der Waals surface area contributed by atoms with Gasteiger partial charge in [-0.2, -0.15) is 0 Å². The van der Waals surface area contributed by atoms with Gasteiger partial charge >= 0.3 is 0 Å². The van der Waals surface area contributed by atoms with Crippen LogP contribution in [0, 0.1) is 0 Å². The van der Waals surface area contributed by atoms with E-state index in [1.165, 1.54) is 12.8 Å². The van der Waals surface area contributed by atoms with Crippen LogP contribution in [0.15, 0.2) is 23.7 Å². The second-order valence-corrected chi connectivity index (χ2v) is 5.05. The lowest BCUT2D eigenvalue weighted by atomic mass is 10.4. The minimum absolute atomic E-state index is 0.616. The molecule has 0 unspecified atom stereocenters. The molecular formula is C16H26O4. The molecule has 0 saturated carbocycles. The molecule has 0 aromatic rings. The van der Waals surface area contributed by atoms with Crippen LogP contribution >= 0.6 is 0 Å². The number of rotatable bonds is 11. The van der Waals surface area contributed by atoms with Crippen LogP contribution in [0.25, 0.3) is 0 Å². The summed E-state index contributed by atoms with van der Waals surface area (Å²) in [5.41, 5.74) is 0. The summed E-state index contributed by atoms with van der Waals surface area (Å²) in [4.78, 5) is 0. The smallest absolute Gasteiger partial charge is 0.111 e. The normalized spacial score (nSPS) is 18.0. The van der Waals surface area contributed by atoms with E-state index in [2.05, 4.69) is 12.2 Å². The molecule has 0 amide bonds. The van der Waals surface area contributed by atoms with Crippen molar-refractivity contribution in [1.82, 2.24) is 0 Å². The van der Waals surface area contributed by atoms with Gasteiger partial charge in [-0.05, 0) is 37.8 Å². The van der Waals surface area contributed by atoms with E-state index in [4.69, 9.17) is 18.9 Å². The van der Waals surface area contributed by atoms with Crippen molar-refractivity contribution in [3.63, 3.8) is 0 Å². The highest BCUT2D eigenvalue weighted by atomic mass is 16.6. The molecule has 2 aliphatic carbocycles. The molecule has 4 nitrogen and oxygen atoms in total. The van der Waals surface area contributed by atoms with Crippen molar-refractivity contribution in [2.45, 2.75) is 38.5 Å². The Morgan fingerprint density at radius 2 is 1.10 bits per heavy atom. The minimum atomic E-state index is 0.616. The van der Waals surface area contributed by atoms with Crippen molar-refractivity contribution in [2.24, 2.45) is 0 Å². The Balaban J connectivity index is 1.30. The molecule has 0 heterocycles. The summed E-state index contributed by atoms with van der Waals surface area (Å²) in [7, 11) is 0. The van der Waals surface area contributed by atoms with E-state index in [9.17, 15) is 0 Å². The predicted molar refractivity (Wildman–Crippen MR) is 77.4 cm³/mol. The van der Waals surface area contributed by atoms with Crippen LogP contribution in [0.2, 0.25) is 0 Å². The Kier molecular flexibility index (Phi) is 7.57. The van der Waals surface area contributed by atoms with Gasteiger partial charge < -0.3 is 18.9 Å². The van der Waals surface area contributed by atoms with Crippen LogP contribution in [0.3, 0.4) is 0 Å². The summed E-state index contributed by atoms with van der Waals surface area (Å²) in [5, 5.41) is 0. The maximum atomic E-state index is 5.57. The van der Waals surface area contributed by atoms with E-state index < -0.39 is 0 Å². The highest BCUT2D eigenvalue weighted by Gasteiger charge is 2.05. The van der Waals surface area contributed by atoms with Crippen LogP contribution in [-0.4, -0.2) is 39.6 Å². The monoisotopic (exact) mass is 282 g/mol. The van der Waals surface area contributed by atoms with Gasteiger partial charge in [-0.25, -0.2) is 0 Å². The van der Waals surface area contributed by atoms with Crippen molar-refractivity contribution in [3.8, 4) is 0 Å². The van der Waals surface area contributed by atoms with Crippen LogP contribution in [0.5, 0.6) is 0 Å². The molecule has 0 atom stereocenters. The largest absolute Gasteiger partial charge is 0.496 e. The Bertz CT molecular complexity index is 290. The molecule has 2 aliphatic rings. The molecule has 4 heteroatoms. The van der Waals surface area contributed by atoms with Crippen LogP contribution in [0.4, 0.5) is 0 Å². The van der Waals surface area contributed by atoms with Gasteiger partial charge in [0.25, 0.3) is 0 Å². The predicted octanol–water partition coefficient (Wildman–Crippen LogP) is 3.19. The standard InChI is InChI=1S/C16H26O4/c1-2-6-15(5-1)19-13-11-17-9-10-18-12-14-20-16-7-3-4-8-16/h5,7H,1-4,6,8-14H2. The fourth-order valence-electron chi connectivity index (χ4n) is 2.33. The number of ether oxygens (including phenoxy) is 4. The molecule has 0 bridgehead atoms. The second kappa shape index (κ2) is 9.83. The molecule has 114 valence electrons. The zero-order valence-corrected chi connectivity index (χ0v) is 12.3. The average molecular weight is 282 g/mol. The van der Waals surface area contributed by atoms with Gasteiger partial charge in [0.15, 0.2) is 0 Å². The fraction of sp³-hybridized carbons (Fsp3) is 0.750. The third kappa shape index (κ3) is 6.44. The molecule has 0 fully saturated rings. The number of hydrogen-bond acceptors (Lipinski definition) is 4. The third-order valence-corrected chi connectivity index (χ3v) is 3.40. The van der Waals surface area contributed by atoms with Crippen LogP contribution in [-0.2, 0) is 18.9 Å². The summed E-state index contributed by atoms with van der Waals surface area (Å²) in [6, 6.07) is 0. The lowest BCUT2D eigenvalue weighted by molar-refractivity contribution is 0.0129. The molecule has 0 saturated heterocycles. The average Bonchev–Trinajstić information content (AvgIpc) is 3.14. The van der Waals surface area contributed by atoms with Gasteiger partial charge in [0.05, 0.1) is 37.9 Å². The quantitative estimate of drug-likeness (QED) is 0.545. The molecule has 0 N–H and O–H groups in total. The lowest BCUT2D eigenvalue weighted by Crippen LogP contribution is -2.11. The van der Waals surface area contributed by atoms with Crippen molar-refractivity contribution in [3.05, 3.63) is 23.7 Å². The van der Waals surface area contributed by atoms with Crippen LogP contribution in [0.1, 0.15) is 38.5 Å². The highest BCUT2D eigenvalue weighted by Crippen LogP contribution is 2.18. The first-order valence-electron chi connectivity index (χ1n) is 7.74. The van der Waals surface area contributed by atoms with Crippen molar-refractivity contribution < 1.29 is 18.9 Å². The fourth-order valence-corrected chi connectivity index (χ4v) is 2.33. The number of allylic oxidation sites excluding steroid dienone is 4. The molecule has 0 aromatic heterocycles. The SMILES string of the molecule is C1=C(OCCOCCOCCOC2=CCCC2)CCC1. The molecule has 0 aliphatic heterocycles. The Labute approximate surface area is 121 Å². The minimum Gasteiger partial charge on any atom is -0.496 e. The Hall–Kier alpha value is -1.00. The van der Waals surface area contributed by atoms with E-state index in [1.807, 2.05) is 0 Å². The lowest BCUT2D eigenvalue weighted by Gasteiger charge is -2.09. The number of hydrogen-bond donors (Lipinski definition) is 0. The first-order valence-corrected chi connectivity index (χ1v) is 7.74. The Morgan fingerprint density at radius 3 is 1.50 bits per heavy atom. The third-order valence-electron chi connectivity index (χ3n) is 3.40. The maximum Gasteiger partial charge on any atom is 0.111 e. The van der Waals surface area contributed by atoms with Gasteiger partial charge in [-0.3, -0.25) is 0 Å². The second-order valence-electron chi connectivity index (χ2n) is 5.05. The topological polar surface area (TPSA) is 36.9 Å². The summed E-state index contributed by atoms with van der Waals surface area (Å²) >= 11 is 0. The van der Waals surface area contributed by atoms with Gasteiger partial charge in [0.1, 0.15) is 13.2 Å². The van der Waals surface area contributed by atoms with E-state index in [0.717, 1.165) is 37.2 Å². The van der Waals surface area contributed by atoms with E-state index in [-0.39, 0.29) is 0 Å². The van der Waals surface area contributed by atoms with Gasteiger partial charge in [0.2, 0.25) is 0 Å². The maximum absolute atomic E-state index is 5.57. The molecule has 0 spiro atoms. The Morgan fingerprint density at radius 1 is 0.650 bits per heavy atom. The first kappa shape index (κ1) is 15.4. The first-order chi connectivity index (χ1) is 9.95. The summed E-state index contributed by atoms with van der Waals surface area (Å²) in [5.74, 6) is 2.26.